The van der Waals surface area contributed by atoms with Gasteiger partial charge in [-0.3, -0.25) is 4.79 Å². The molecule has 9 heteroatoms. The van der Waals surface area contributed by atoms with Crippen LogP contribution in [0.25, 0.3) is 17.2 Å². The number of esters is 1. The van der Waals surface area contributed by atoms with E-state index in [1.807, 2.05) is 29.8 Å². The van der Waals surface area contributed by atoms with Gasteiger partial charge in [0.05, 0.1) is 25.7 Å². The Bertz CT molecular complexity index is 1010. The molecule has 0 amide bonds. The van der Waals surface area contributed by atoms with E-state index in [9.17, 15) is 4.79 Å². The molecular weight excluding hydrogens is 360 g/mol. The van der Waals surface area contributed by atoms with Crippen molar-refractivity contribution in [1.82, 2.24) is 29.3 Å². The van der Waals surface area contributed by atoms with Crippen LogP contribution in [0.1, 0.15) is 37.2 Å². The van der Waals surface area contributed by atoms with Gasteiger partial charge in [0, 0.05) is 12.7 Å². The average molecular weight is 382 g/mol. The van der Waals surface area contributed by atoms with Gasteiger partial charge in [-0.1, -0.05) is 0 Å². The zero-order chi connectivity index (χ0) is 19.7. The summed E-state index contributed by atoms with van der Waals surface area (Å²) in [5, 5.41) is 4.56. The van der Waals surface area contributed by atoms with Crippen molar-refractivity contribution in [3.63, 3.8) is 0 Å². The number of hydrogen-bond donors (Lipinski definition) is 0. The molecule has 0 bridgehead atoms. The highest BCUT2D eigenvalue weighted by Crippen LogP contribution is 2.30. The Hall–Kier alpha value is -3.23. The van der Waals surface area contributed by atoms with Crippen molar-refractivity contribution in [2.24, 2.45) is 0 Å². The Balaban J connectivity index is 1.69. The first kappa shape index (κ1) is 18.1. The Morgan fingerprint density at radius 2 is 2.18 bits per heavy atom. The highest BCUT2D eigenvalue weighted by molar-refractivity contribution is 5.77. The van der Waals surface area contributed by atoms with Crippen molar-refractivity contribution in [2.45, 2.75) is 39.2 Å². The topological polar surface area (TPSA) is 97.0 Å². The van der Waals surface area contributed by atoms with Crippen molar-refractivity contribution in [2.75, 3.05) is 13.7 Å². The first-order valence-electron chi connectivity index (χ1n) is 9.28. The molecule has 0 spiro atoms. The van der Waals surface area contributed by atoms with Gasteiger partial charge >= 0.3 is 5.97 Å². The number of imidazole rings is 1. The van der Waals surface area contributed by atoms with E-state index >= 15 is 0 Å². The molecule has 0 aliphatic carbocycles. The van der Waals surface area contributed by atoms with Crippen LogP contribution in [-0.4, -0.2) is 49.0 Å². The van der Waals surface area contributed by atoms with Gasteiger partial charge in [0.2, 0.25) is 5.88 Å². The average Bonchev–Trinajstić information content (AvgIpc) is 3.33. The van der Waals surface area contributed by atoms with Gasteiger partial charge in [0.15, 0.2) is 5.82 Å². The van der Waals surface area contributed by atoms with Crippen LogP contribution in [0.5, 0.6) is 5.88 Å². The molecule has 3 aromatic rings. The Kier molecular flexibility index (Phi) is 4.81. The summed E-state index contributed by atoms with van der Waals surface area (Å²) in [5.41, 5.74) is 2.27. The lowest BCUT2D eigenvalue weighted by Gasteiger charge is -2.20. The van der Waals surface area contributed by atoms with Crippen molar-refractivity contribution in [3.8, 4) is 23.1 Å². The van der Waals surface area contributed by atoms with Gasteiger partial charge in [-0.05, 0) is 38.8 Å². The predicted octanol–water partition coefficient (Wildman–Crippen LogP) is 2.28. The van der Waals surface area contributed by atoms with Crippen LogP contribution >= 0.6 is 0 Å². The summed E-state index contributed by atoms with van der Waals surface area (Å²) in [6.07, 6.45) is 5.18. The number of carbonyl (C=O) groups is 1. The third-order valence-electron chi connectivity index (χ3n) is 4.70. The maximum Gasteiger partial charge on any atom is 0.316 e. The molecule has 4 heterocycles. The van der Waals surface area contributed by atoms with Gasteiger partial charge in [-0.2, -0.15) is 0 Å². The normalized spacial score (nSPS) is 15.9. The predicted molar refractivity (Wildman–Crippen MR) is 100 cm³/mol. The minimum Gasteiger partial charge on any atom is -0.479 e. The second kappa shape index (κ2) is 7.41. The summed E-state index contributed by atoms with van der Waals surface area (Å²) in [7, 11) is 1.57. The largest absolute Gasteiger partial charge is 0.479 e. The zero-order valence-corrected chi connectivity index (χ0v) is 16.1. The smallest absolute Gasteiger partial charge is 0.316 e. The van der Waals surface area contributed by atoms with Crippen molar-refractivity contribution in [3.05, 3.63) is 36.2 Å². The number of rotatable bonds is 5. The summed E-state index contributed by atoms with van der Waals surface area (Å²) >= 11 is 0. The molecule has 0 saturated carbocycles. The molecule has 3 aromatic heterocycles. The maximum atomic E-state index is 12.3. The fourth-order valence-electron chi connectivity index (χ4n) is 3.38. The third-order valence-corrected chi connectivity index (χ3v) is 4.70. The number of pyridine rings is 1. The van der Waals surface area contributed by atoms with Crippen LogP contribution in [0.15, 0.2) is 24.7 Å². The highest BCUT2D eigenvalue weighted by atomic mass is 16.5. The number of fused-ring (bicyclic) bond motifs is 1. The maximum absolute atomic E-state index is 12.3. The highest BCUT2D eigenvalue weighted by Gasteiger charge is 2.31. The molecule has 1 aliphatic rings. The van der Waals surface area contributed by atoms with E-state index in [1.54, 1.807) is 25.0 Å². The molecule has 1 aliphatic heterocycles. The van der Waals surface area contributed by atoms with Crippen molar-refractivity contribution in [1.29, 1.82) is 0 Å². The van der Waals surface area contributed by atoms with Crippen LogP contribution in [0.4, 0.5) is 0 Å². The molecule has 1 unspecified atom stereocenters. The van der Waals surface area contributed by atoms with Gasteiger partial charge < -0.3 is 14.0 Å². The quantitative estimate of drug-likeness (QED) is 0.625. The van der Waals surface area contributed by atoms with Gasteiger partial charge in [0.1, 0.15) is 23.1 Å². The van der Waals surface area contributed by atoms with Crippen molar-refractivity contribution >= 4 is 5.97 Å². The lowest BCUT2D eigenvalue weighted by atomic mass is 9.99. The summed E-state index contributed by atoms with van der Waals surface area (Å²) in [4.78, 5) is 25.7. The van der Waals surface area contributed by atoms with Crippen LogP contribution < -0.4 is 4.74 Å². The van der Waals surface area contributed by atoms with Crippen LogP contribution in [0.2, 0.25) is 0 Å². The number of methoxy groups -OCH3 is 1. The van der Waals surface area contributed by atoms with E-state index in [0.29, 0.717) is 36.3 Å². The van der Waals surface area contributed by atoms with Crippen LogP contribution in [0.3, 0.4) is 0 Å². The zero-order valence-electron chi connectivity index (χ0n) is 16.1. The molecule has 4 rings (SSSR count). The van der Waals surface area contributed by atoms with E-state index < -0.39 is 0 Å². The minimum atomic E-state index is -0.384. The van der Waals surface area contributed by atoms with E-state index in [4.69, 9.17) is 9.47 Å². The molecule has 0 saturated heterocycles. The molecule has 146 valence electrons. The number of hydrogen-bond acceptors (Lipinski definition) is 7. The first-order chi connectivity index (χ1) is 13.6. The van der Waals surface area contributed by atoms with E-state index in [1.165, 1.54) is 0 Å². The lowest BCUT2D eigenvalue weighted by Crippen LogP contribution is -2.25. The summed E-state index contributed by atoms with van der Waals surface area (Å²) in [6.45, 7) is 4.80. The lowest BCUT2D eigenvalue weighted by molar-refractivity contribution is -0.145. The fraction of sp³-hybridized carbons (Fsp3) is 0.421. The van der Waals surface area contributed by atoms with Crippen LogP contribution in [0, 0.1) is 6.92 Å². The molecule has 28 heavy (non-hydrogen) atoms. The molecule has 0 radical (unpaired) electrons. The van der Waals surface area contributed by atoms with Gasteiger partial charge in [-0.25, -0.2) is 19.6 Å². The molecule has 9 nitrogen and oxygen atoms in total. The monoisotopic (exact) mass is 382 g/mol. The Morgan fingerprint density at radius 1 is 1.32 bits per heavy atom. The summed E-state index contributed by atoms with van der Waals surface area (Å²) in [6, 6.07) is 3.74. The molecule has 0 aromatic carbocycles. The minimum absolute atomic E-state index is 0.251. The molecule has 0 fully saturated rings. The van der Waals surface area contributed by atoms with Gasteiger partial charge in [-0.15, -0.1) is 5.10 Å². The van der Waals surface area contributed by atoms with Crippen molar-refractivity contribution < 1.29 is 14.3 Å². The first-order valence-corrected chi connectivity index (χ1v) is 9.28. The van der Waals surface area contributed by atoms with Crippen LogP contribution in [-0.2, 0) is 16.1 Å². The standard InChI is InChI=1S/C19H22N6O3/c1-4-28-19(26)13-6-5-9-25-17(13)22-16(23-25)14-7-8-15(18(21-14)27-3)24-10-12(2)20-11-24/h7-8,10-11,13H,4-6,9H2,1-3H3. The second-order valence-corrected chi connectivity index (χ2v) is 6.61. The molecule has 0 N–H and O–H groups in total. The number of aromatic nitrogens is 6. The number of ether oxygens (including phenoxy) is 2. The molecular formula is C19H22N6O3. The third kappa shape index (κ3) is 3.23. The van der Waals surface area contributed by atoms with E-state index in [2.05, 4.69) is 20.1 Å². The summed E-state index contributed by atoms with van der Waals surface area (Å²) < 4.78 is 14.3. The second-order valence-electron chi connectivity index (χ2n) is 6.61. The molecule has 1 atom stereocenters. The Labute approximate surface area is 162 Å². The SMILES string of the molecule is CCOC(=O)C1CCCn2nc(-c3ccc(-n4cnc(C)c4)c(OC)n3)nc21. The number of carbonyl (C=O) groups excluding carboxylic acids is 1. The Morgan fingerprint density at radius 3 is 2.89 bits per heavy atom. The number of aryl methyl sites for hydroxylation is 2. The van der Waals surface area contributed by atoms with E-state index in [-0.39, 0.29) is 11.9 Å². The summed E-state index contributed by atoms with van der Waals surface area (Å²) in [5.74, 6) is 0.918. The van der Waals surface area contributed by atoms with Gasteiger partial charge in [0.25, 0.3) is 0 Å². The fourth-order valence-corrected chi connectivity index (χ4v) is 3.38. The van der Waals surface area contributed by atoms with E-state index in [0.717, 1.165) is 24.3 Å². The number of nitrogens with zero attached hydrogens (tertiary/aromatic N) is 6.